The van der Waals surface area contributed by atoms with Gasteiger partial charge in [-0.05, 0) is 30.3 Å². The zero-order chi connectivity index (χ0) is 23.9. The van der Waals surface area contributed by atoms with Gasteiger partial charge in [-0.25, -0.2) is 9.37 Å². The first kappa shape index (κ1) is 22.6. The molecule has 0 amide bonds. The van der Waals surface area contributed by atoms with Gasteiger partial charge >= 0.3 is 6.18 Å². The molecule has 0 unspecified atom stereocenters. The summed E-state index contributed by atoms with van der Waals surface area (Å²) in [5, 5.41) is 9.22. The van der Waals surface area contributed by atoms with Crippen LogP contribution in [0.1, 0.15) is 24.6 Å². The predicted octanol–water partition coefficient (Wildman–Crippen LogP) is 4.26. The van der Waals surface area contributed by atoms with Gasteiger partial charge < -0.3 is 14.2 Å². The first-order valence-electron chi connectivity index (χ1n) is 10.3. The summed E-state index contributed by atoms with van der Waals surface area (Å²) in [5.41, 5.74) is 0.646. The minimum atomic E-state index is -4.63. The molecule has 2 aromatic heterocycles. The van der Waals surface area contributed by atoms with Crippen LogP contribution in [-0.4, -0.2) is 28.7 Å². The monoisotopic (exact) mass is 460 g/mol. The maximum absolute atomic E-state index is 14.2. The Hall–Kier alpha value is -3.61. The number of hydrogen-bond donors (Lipinski definition) is 0. The first-order valence-corrected chi connectivity index (χ1v) is 10.3. The van der Waals surface area contributed by atoms with Gasteiger partial charge in [0.1, 0.15) is 23.4 Å². The quantitative estimate of drug-likeness (QED) is 0.547. The van der Waals surface area contributed by atoms with Crippen molar-refractivity contribution in [3.63, 3.8) is 0 Å². The normalized spacial score (nSPS) is 18.9. The van der Waals surface area contributed by atoms with Crippen molar-refractivity contribution in [3.05, 3.63) is 63.8 Å². The van der Waals surface area contributed by atoms with Crippen LogP contribution in [0.25, 0.3) is 11.0 Å². The van der Waals surface area contributed by atoms with E-state index in [0.717, 1.165) is 12.1 Å². The second-order valence-electron chi connectivity index (χ2n) is 8.11. The molecule has 1 saturated heterocycles. The molecule has 4 rings (SSSR count). The van der Waals surface area contributed by atoms with E-state index in [-0.39, 0.29) is 22.9 Å². The smallest absolute Gasteiger partial charge is 0.416 e. The standard InChI is InChI=1S/C23H20F4N4O2/c1-13-12-31(18-10-21(32)30(2)17-5-4-15(11-28)29-22(17)18)8-7-19(13)33-20-6-3-14(9-16(20)24)23(25,26)27/h3-6,9-10,13,19H,7-8,12H2,1-2H3/t13-,19-/m0/s1. The molecule has 0 aliphatic carbocycles. The number of piperidine rings is 1. The molecule has 0 saturated carbocycles. The highest BCUT2D eigenvalue weighted by Gasteiger charge is 2.33. The van der Waals surface area contributed by atoms with Gasteiger partial charge in [-0.1, -0.05) is 6.92 Å². The van der Waals surface area contributed by atoms with Crippen molar-refractivity contribution in [1.29, 1.82) is 5.26 Å². The van der Waals surface area contributed by atoms with E-state index in [9.17, 15) is 27.6 Å². The molecule has 1 fully saturated rings. The average molecular weight is 460 g/mol. The number of nitriles is 1. The fraction of sp³-hybridized carbons (Fsp3) is 0.348. The van der Waals surface area contributed by atoms with Crippen LogP contribution < -0.4 is 15.2 Å². The number of halogens is 4. The molecular formula is C23H20F4N4O2. The van der Waals surface area contributed by atoms with Gasteiger partial charge in [0.25, 0.3) is 5.56 Å². The van der Waals surface area contributed by atoms with E-state index < -0.39 is 23.7 Å². The molecule has 33 heavy (non-hydrogen) atoms. The zero-order valence-electron chi connectivity index (χ0n) is 17.9. The number of alkyl halides is 3. The lowest BCUT2D eigenvalue weighted by Gasteiger charge is -2.38. The summed E-state index contributed by atoms with van der Waals surface area (Å²) in [7, 11) is 1.63. The molecular weight excluding hydrogens is 440 g/mol. The van der Waals surface area contributed by atoms with Gasteiger partial charge in [0, 0.05) is 38.5 Å². The lowest BCUT2D eigenvalue weighted by Crippen LogP contribution is -2.45. The van der Waals surface area contributed by atoms with Gasteiger partial charge in [-0.3, -0.25) is 4.79 Å². The summed E-state index contributed by atoms with van der Waals surface area (Å²) in [6.45, 7) is 2.79. The lowest BCUT2D eigenvalue weighted by atomic mass is 9.95. The Balaban J connectivity index is 1.57. The van der Waals surface area contributed by atoms with Crippen molar-refractivity contribution in [3.8, 4) is 11.8 Å². The number of anilines is 1. The molecule has 172 valence electrons. The van der Waals surface area contributed by atoms with E-state index in [4.69, 9.17) is 4.74 Å². The second-order valence-corrected chi connectivity index (χ2v) is 8.11. The second kappa shape index (κ2) is 8.39. The number of aryl methyl sites for hydroxylation is 1. The first-order chi connectivity index (χ1) is 15.6. The molecule has 0 radical (unpaired) electrons. The van der Waals surface area contributed by atoms with Gasteiger partial charge in [0.15, 0.2) is 11.6 Å². The fourth-order valence-corrected chi connectivity index (χ4v) is 4.07. The van der Waals surface area contributed by atoms with Crippen molar-refractivity contribution in [2.24, 2.45) is 13.0 Å². The molecule has 2 atom stereocenters. The van der Waals surface area contributed by atoms with Crippen LogP contribution in [0.15, 0.2) is 41.2 Å². The highest BCUT2D eigenvalue weighted by Crippen LogP contribution is 2.34. The molecule has 1 aliphatic heterocycles. The highest BCUT2D eigenvalue weighted by molar-refractivity contribution is 5.88. The van der Waals surface area contributed by atoms with Gasteiger partial charge in [0.05, 0.1) is 16.8 Å². The molecule has 3 heterocycles. The third-order valence-electron chi connectivity index (χ3n) is 5.89. The largest absolute Gasteiger partial charge is 0.487 e. The van der Waals surface area contributed by atoms with E-state index in [1.54, 1.807) is 19.2 Å². The number of rotatable bonds is 3. The van der Waals surface area contributed by atoms with Crippen LogP contribution in [0, 0.1) is 23.1 Å². The van der Waals surface area contributed by atoms with Crippen LogP contribution in [-0.2, 0) is 13.2 Å². The van der Waals surface area contributed by atoms with Crippen LogP contribution in [0.3, 0.4) is 0 Å². The van der Waals surface area contributed by atoms with E-state index in [0.29, 0.717) is 42.3 Å². The zero-order valence-corrected chi connectivity index (χ0v) is 17.9. The Kier molecular flexibility index (Phi) is 5.74. The van der Waals surface area contributed by atoms with Gasteiger partial charge in [0.2, 0.25) is 0 Å². The molecule has 1 aliphatic rings. The van der Waals surface area contributed by atoms with Gasteiger partial charge in [-0.2, -0.15) is 18.4 Å². The summed E-state index contributed by atoms with van der Waals surface area (Å²) >= 11 is 0. The third kappa shape index (κ3) is 4.35. The average Bonchev–Trinajstić information content (AvgIpc) is 2.77. The molecule has 6 nitrogen and oxygen atoms in total. The van der Waals surface area contributed by atoms with Crippen molar-refractivity contribution < 1.29 is 22.3 Å². The molecule has 0 spiro atoms. The number of ether oxygens (including phenoxy) is 1. The SMILES string of the molecule is C[C@H]1CN(c2cc(=O)n(C)c3ccc(C#N)nc23)CC[C@@H]1Oc1ccc(C(F)(F)F)cc1F. The number of fused-ring (bicyclic) bond motifs is 1. The predicted molar refractivity (Wildman–Crippen MR) is 114 cm³/mol. The summed E-state index contributed by atoms with van der Waals surface area (Å²) in [4.78, 5) is 18.8. The number of aromatic nitrogens is 2. The number of nitrogens with zero attached hydrogens (tertiary/aromatic N) is 4. The summed E-state index contributed by atoms with van der Waals surface area (Å²) in [6, 6.07) is 8.92. The van der Waals surface area contributed by atoms with E-state index in [1.807, 2.05) is 17.9 Å². The third-order valence-corrected chi connectivity index (χ3v) is 5.89. The fourth-order valence-electron chi connectivity index (χ4n) is 4.07. The number of benzene rings is 1. The van der Waals surface area contributed by atoms with Crippen LogP contribution >= 0.6 is 0 Å². The Labute approximate surface area is 186 Å². The van der Waals surface area contributed by atoms with E-state index in [1.165, 1.54) is 10.6 Å². The Bertz CT molecular complexity index is 1310. The summed E-state index contributed by atoms with van der Waals surface area (Å²) in [6.07, 6.45) is -4.60. The Morgan fingerprint density at radius 2 is 1.97 bits per heavy atom. The summed E-state index contributed by atoms with van der Waals surface area (Å²) in [5.74, 6) is -1.42. The molecule has 3 aromatic rings. The van der Waals surface area contributed by atoms with Crippen molar-refractivity contribution >= 4 is 16.7 Å². The highest BCUT2D eigenvalue weighted by atomic mass is 19.4. The number of pyridine rings is 2. The molecule has 1 aromatic carbocycles. The van der Waals surface area contributed by atoms with Crippen LogP contribution in [0.4, 0.5) is 23.2 Å². The maximum atomic E-state index is 14.2. The van der Waals surface area contributed by atoms with Crippen LogP contribution in [0.5, 0.6) is 5.75 Å². The van der Waals surface area contributed by atoms with Crippen LogP contribution in [0.2, 0.25) is 0 Å². The van der Waals surface area contributed by atoms with Crippen molar-refractivity contribution in [2.75, 3.05) is 18.0 Å². The molecule has 0 N–H and O–H groups in total. The number of hydrogen-bond acceptors (Lipinski definition) is 5. The Morgan fingerprint density at radius 1 is 1.21 bits per heavy atom. The molecule has 0 bridgehead atoms. The topological polar surface area (TPSA) is 71.2 Å². The van der Waals surface area contributed by atoms with Gasteiger partial charge in [-0.15, -0.1) is 0 Å². The lowest BCUT2D eigenvalue weighted by molar-refractivity contribution is -0.137. The van der Waals surface area contributed by atoms with E-state index >= 15 is 0 Å². The van der Waals surface area contributed by atoms with Crippen molar-refractivity contribution in [2.45, 2.75) is 25.6 Å². The van der Waals surface area contributed by atoms with Crippen molar-refractivity contribution in [1.82, 2.24) is 9.55 Å². The summed E-state index contributed by atoms with van der Waals surface area (Å²) < 4.78 is 59.7. The Morgan fingerprint density at radius 3 is 2.61 bits per heavy atom. The minimum Gasteiger partial charge on any atom is -0.487 e. The minimum absolute atomic E-state index is 0.126. The maximum Gasteiger partial charge on any atom is 0.416 e. The van der Waals surface area contributed by atoms with E-state index in [2.05, 4.69) is 4.98 Å². The molecule has 10 heteroatoms.